The highest BCUT2D eigenvalue weighted by Crippen LogP contribution is 2.01. The molecule has 0 aliphatic rings. The number of aryl methyl sites for hydroxylation is 2. The molecule has 0 bridgehead atoms. The van der Waals surface area contributed by atoms with Gasteiger partial charge in [0.25, 0.3) is 0 Å². The highest BCUT2D eigenvalue weighted by atomic mass is 14.9. The number of hydrogen-bond donors (Lipinski definition) is 1. The maximum absolute atomic E-state index is 4.29. The minimum Gasteiger partial charge on any atom is -0.307 e. The lowest BCUT2D eigenvalue weighted by atomic mass is 10.2. The zero-order valence-electron chi connectivity index (χ0n) is 10.1. The second-order valence-corrected chi connectivity index (χ2v) is 4.12. The Morgan fingerprint density at radius 2 is 1.88 bits per heavy atom. The molecule has 2 aromatic rings. The van der Waals surface area contributed by atoms with E-state index in [4.69, 9.17) is 0 Å². The third-order valence-corrected chi connectivity index (χ3v) is 2.40. The first kappa shape index (κ1) is 11.7. The number of aromatic nitrogens is 3. The predicted octanol–water partition coefficient (Wildman–Crippen LogP) is 1.78. The molecule has 4 heteroatoms. The Balaban J connectivity index is 1.85. The van der Waals surface area contributed by atoms with Gasteiger partial charge in [0.1, 0.15) is 0 Å². The number of hydrogen-bond acceptors (Lipinski definition) is 4. The van der Waals surface area contributed by atoms with Gasteiger partial charge in [-0.25, -0.2) is 0 Å². The van der Waals surface area contributed by atoms with Gasteiger partial charge in [0, 0.05) is 37.9 Å². The van der Waals surface area contributed by atoms with Crippen molar-refractivity contribution < 1.29 is 0 Å². The molecule has 0 spiro atoms. The van der Waals surface area contributed by atoms with E-state index in [-0.39, 0.29) is 0 Å². The monoisotopic (exact) mass is 228 g/mol. The number of pyridine rings is 1. The van der Waals surface area contributed by atoms with Crippen LogP contribution in [0.4, 0.5) is 0 Å². The van der Waals surface area contributed by atoms with Crippen LogP contribution in [-0.2, 0) is 13.1 Å². The van der Waals surface area contributed by atoms with Gasteiger partial charge in [0.05, 0.1) is 11.4 Å². The Morgan fingerprint density at radius 1 is 1.00 bits per heavy atom. The van der Waals surface area contributed by atoms with E-state index in [0.29, 0.717) is 0 Å². The van der Waals surface area contributed by atoms with Gasteiger partial charge in [-0.05, 0) is 25.0 Å². The highest BCUT2D eigenvalue weighted by Gasteiger charge is 1.96. The molecule has 0 aliphatic carbocycles. The zero-order chi connectivity index (χ0) is 12.1. The van der Waals surface area contributed by atoms with E-state index in [1.807, 2.05) is 26.2 Å². The number of nitrogens with one attached hydrogen (secondary N) is 1. The van der Waals surface area contributed by atoms with E-state index < -0.39 is 0 Å². The third-order valence-electron chi connectivity index (χ3n) is 2.40. The molecule has 0 unspecified atom stereocenters. The van der Waals surface area contributed by atoms with Crippen molar-refractivity contribution in [3.05, 3.63) is 53.4 Å². The second-order valence-electron chi connectivity index (χ2n) is 4.12. The van der Waals surface area contributed by atoms with Crippen LogP contribution in [0.5, 0.6) is 0 Å². The van der Waals surface area contributed by atoms with Crippen LogP contribution >= 0.6 is 0 Å². The molecule has 2 rings (SSSR count). The Labute approximate surface area is 101 Å². The van der Waals surface area contributed by atoms with Crippen LogP contribution < -0.4 is 5.32 Å². The first-order valence-electron chi connectivity index (χ1n) is 5.63. The van der Waals surface area contributed by atoms with E-state index in [1.54, 1.807) is 12.4 Å². The normalized spacial score (nSPS) is 10.5. The van der Waals surface area contributed by atoms with Crippen LogP contribution in [0.1, 0.15) is 22.5 Å². The van der Waals surface area contributed by atoms with Crippen molar-refractivity contribution in [3.8, 4) is 0 Å². The molecular formula is C13H16N4. The van der Waals surface area contributed by atoms with Gasteiger partial charge in [0.2, 0.25) is 0 Å². The van der Waals surface area contributed by atoms with Crippen LogP contribution in [0.2, 0.25) is 0 Å². The molecule has 0 saturated carbocycles. The van der Waals surface area contributed by atoms with Gasteiger partial charge in [-0.15, -0.1) is 0 Å². The van der Waals surface area contributed by atoms with Crippen molar-refractivity contribution in [2.24, 2.45) is 0 Å². The van der Waals surface area contributed by atoms with E-state index in [9.17, 15) is 0 Å². The van der Waals surface area contributed by atoms with E-state index in [2.05, 4.69) is 26.3 Å². The Bertz CT molecular complexity index is 479. The van der Waals surface area contributed by atoms with Crippen molar-refractivity contribution in [3.63, 3.8) is 0 Å². The minimum atomic E-state index is 0.723. The van der Waals surface area contributed by atoms with Crippen LogP contribution in [0.25, 0.3) is 0 Å². The van der Waals surface area contributed by atoms with E-state index in [1.165, 1.54) is 11.1 Å². The topological polar surface area (TPSA) is 50.7 Å². The van der Waals surface area contributed by atoms with Crippen LogP contribution in [0.15, 0.2) is 30.9 Å². The molecule has 0 amide bonds. The summed E-state index contributed by atoms with van der Waals surface area (Å²) in [5.41, 5.74) is 4.26. The quantitative estimate of drug-likeness (QED) is 0.866. The molecule has 4 nitrogen and oxygen atoms in total. The first-order valence-corrected chi connectivity index (χ1v) is 5.63. The average Bonchev–Trinajstić information content (AvgIpc) is 2.32. The largest absolute Gasteiger partial charge is 0.307 e. The fraction of sp³-hybridized carbons (Fsp3) is 0.308. The average molecular weight is 228 g/mol. The molecule has 0 saturated heterocycles. The fourth-order valence-electron chi connectivity index (χ4n) is 1.56. The molecule has 1 N–H and O–H groups in total. The van der Waals surface area contributed by atoms with E-state index >= 15 is 0 Å². The summed E-state index contributed by atoms with van der Waals surface area (Å²) in [6.07, 6.45) is 7.32. The maximum Gasteiger partial charge on any atom is 0.0724 e. The summed E-state index contributed by atoms with van der Waals surface area (Å²) in [4.78, 5) is 12.6. The zero-order valence-corrected chi connectivity index (χ0v) is 10.1. The lowest BCUT2D eigenvalue weighted by Crippen LogP contribution is -2.14. The SMILES string of the molecule is Cc1cncc(CNCc2cnc(C)cn2)c1. The summed E-state index contributed by atoms with van der Waals surface area (Å²) in [6.45, 7) is 5.50. The molecule has 0 aromatic carbocycles. The highest BCUT2D eigenvalue weighted by molar-refractivity contribution is 5.16. The van der Waals surface area contributed by atoms with Gasteiger partial charge in [-0.1, -0.05) is 6.07 Å². The summed E-state index contributed by atoms with van der Waals surface area (Å²) in [5.74, 6) is 0. The minimum absolute atomic E-state index is 0.723. The maximum atomic E-state index is 4.29. The molecule has 0 fully saturated rings. The van der Waals surface area contributed by atoms with Gasteiger partial charge >= 0.3 is 0 Å². The Morgan fingerprint density at radius 3 is 2.59 bits per heavy atom. The van der Waals surface area contributed by atoms with Crippen molar-refractivity contribution >= 4 is 0 Å². The van der Waals surface area contributed by atoms with Crippen molar-refractivity contribution in [2.75, 3.05) is 0 Å². The summed E-state index contributed by atoms with van der Waals surface area (Å²) in [6, 6.07) is 2.13. The van der Waals surface area contributed by atoms with Crippen LogP contribution in [-0.4, -0.2) is 15.0 Å². The van der Waals surface area contributed by atoms with Gasteiger partial charge in [0.15, 0.2) is 0 Å². The fourth-order valence-corrected chi connectivity index (χ4v) is 1.56. The third kappa shape index (κ3) is 3.60. The smallest absolute Gasteiger partial charge is 0.0724 e. The first-order chi connectivity index (χ1) is 8.24. The lowest BCUT2D eigenvalue weighted by Gasteiger charge is -2.04. The van der Waals surface area contributed by atoms with Crippen LogP contribution in [0.3, 0.4) is 0 Å². The molecule has 0 atom stereocenters. The summed E-state index contributed by atoms with van der Waals surface area (Å²) in [5, 5.41) is 3.32. The van der Waals surface area contributed by atoms with Crippen molar-refractivity contribution in [1.29, 1.82) is 0 Å². The van der Waals surface area contributed by atoms with Gasteiger partial charge in [-0.3, -0.25) is 15.0 Å². The summed E-state index contributed by atoms with van der Waals surface area (Å²) in [7, 11) is 0. The molecule has 2 heterocycles. The van der Waals surface area contributed by atoms with Gasteiger partial charge < -0.3 is 5.32 Å². The summed E-state index contributed by atoms with van der Waals surface area (Å²) < 4.78 is 0. The molecule has 17 heavy (non-hydrogen) atoms. The summed E-state index contributed by atoms with van der Waals surface area (Å²) >= 11 is 0. The Kier molecular flexibility index (Phi) is 3.77. The lowest BCUT2D eigenvalue weighted by molar-refractivity contribution is 0.674. The van der Waals surface area contributed by atoms with Crippen LogP contribution in [0, 0.1) is 13.8 Å². The Hall–Kier alpha value is -1.81. The van der Waals surface area contributed by atoms with Crippen molar-refractivity contribution in [2.45, 2.75) is 26.9 Å². The molecule has 2 aromatic heterocycles. The van der Waals surface area contributed by atoms with E-state index in [0.717, 1.165) is 24.5 Å². The second kappa shape index (κ2) is 5.50. The molecule has 0 radical (unpaired) electrons. The van der Waals surface area contributed by atoms with Crippen molar-refractivity contribution in [1.82, 2.24) is 20.3 Å². The molecule has 88 valence electrons. The molecular weight excluding hydrogens is 212 g/mol. The molecule has 0 aliphatic heterocycles. The number of nitrogens with zero attached hydrogens (tertiary/aromatic N) is 3. The van der Waals surface area contributed by atoms with Gasteiger partial charge in [-0.2, -0.15) is 0 Å². The standard InChI is InChI=1S/C13H16N4/c1-10-3-12(6-14-4-10)7-15-8-13-9-16-11(2)5-17-13/h3-6,9,15H,7-8H2,1-2H3. The number of rotatable bonds is 4. The predicted molar refractivity (Wildman–Crippen MR) is 66.3 cm³/mol.